The highest BCUT2D eigenvalue weighted by Gasteiger charge is 2.17. The molecule has 0 spiro atoms. The third-order valence-corrected chi connectivity index (χ3v) is 6.37. The van der Waals surface area contributed by atoms with Crippen molar-refractivity contribution < 1.29 is 17.7 Å². The van der Waals surface area contributed by atoms with Gasteiger partial charge >= 0.3 is 0 Å². The molecule has 0 atom stereocenters. The van der Waals surface area contributed by atoms with Crippen LogP contribution in [0.4, 0.5) is 10.8 Å². The summed E-state index contributed by atoms with van der Waals surface area (Å²) in [5, 5.41) is 8.95. The number of aromatic nitrogens is 2. The summed E-state index contributed by atoms with van der Waals surface area (Å²) in [5.74, 6) is -0.0676. The Morgan fingerprint density at radius 3 is 2.47 bits per heavy atom. The van der Waals surface area contributed by atoms with Crippen molar-refractivity contribution in [2.45, 2.75) is 4.90 Å². The fraction of sp³-hybridized carbons (Fsp3) is 0. The summed E-state index contributed by atoms with van der Waals surface area (Å²) in [7, 11) is -3.76. The Morgan fingerprint density at radius 1 is 1.07 bits per heavy atom. The van der Waals surface area contributed by atoms with Crippen LogP contribution in [-0.2, 0) is 10.0 Å². The molecule has 2 aromatic heterocycles. The lowest BCUT2D eigenvalue weighted by molar-refractivity contribution is 0.101. The molecule has 1 amide bonds. The van der Waals surface area contributed by atoms with E-state index in [4.69, 9.17) is 16.1 Å². The normalized spacial score (nSPS) is 11.2. The molecule has 0 radical (unpaired) electrons. The first-order valence-corrected chi connectivity index (χ1v) is 11.2. The fourth-order valence-corrected chi connectivity index (χ4v) is 4.41. The lowest BCUT2D eigenvalue weighted by Crippen LogP contribution is -2.14. The second-order valence-electron chi connectivity index (χ2n) is 6.00. The van der Waals surface area contributed by atoms with Crippen LogP contribution in [0.25, 0.3) is 11.3 Å². The maximum Gasteiger partial charge on any atom is 0.277 e. The second kappa shape index (κ2) is 8.27. The van der Waals surface area contributed by atoms with Crippen LogP contribution < -0.4 is 10.0 Å². The molecule has 4 aromatic rings. The zero-order valence-electron chi connectivity index (χ0n) is 15.1. The molecule has 2 heterocycles. The van der Waals surface area contributed by atoms with Crippen molar-refractivity contribution >= 4 is 49.7 Å². The van der Waals surface area contributed by atoms with Crippen molar-refractivity contribution in [1.82, 2.24) is 10.1 Å². The Labute approximate surface area is 180 Å². The summed E-state index contributed by atoms with van der Waals surface area (Å²) in [5.41, 5.74) is 1.22. The number of amides is 1. The molecule has 0 saturated carbocycles. The Balaban J connectivity index is 1.44. The topological polar surface area (TPSA) is 114 Å². The first-order chi connectivity index (χ1) is 14.4. The van der Waals surface area contributed by atoms with Gasteiger partial charge in [-0.2, -0.15) is 0 Å². The summed E-state index contributed by atoms with van der Waals surface area (Å²) in [6.07, 6.45) is 1.50. The Bertz CT molecular complexity index is 1270. The lowest BCUT2D eigenvalue weighted by Gasteiger charge is -2.07. The zero-order valence-corrected chi connectivity index (χ0v) is 17.5. The maximum absolute atomic E-state index is 12.4. The summed E-state index contributed by atoms with van der Waals surface area (Å²) >= 11 is 7.04. The number of hydrogen-bond acceptors (Lipinski definition) is 7. The molecule has 30 heavy (non-hydrogen) atoms. The van der Waals surface area contributed by atoms with E-state index in [1.807, 2.05) is 0 Å². The lowest BCUT2D eigenvalue weighted by atomic mass is 10.1. The Hall–Kier alpha value is -3.21. The molecule has 0 fully saturated rings. The van der Waals surface area contributed by atoms with E-state index < -0.39 is 15.9 Å². The van der Waals surface area contributed by atoms with E-state index in [0.29, 0.717) is 16.5 Å². The predicted octanol–water partition coefficient (Wildman–Crippen LogP) is 4.50. The van der Waals surface area contributed by atoms with Crippen LogP contribution in [0.2, 0.25) is 5.02 Å². The number of benzene rings is 2. The van der Waals surface area contributed by atoms with Crippen LogP contribution in [0, 0.1) is 0 Å². The molecule has 0 bridgehead atoms. The number of rotatable bonds is 6. The molecule has 11 heteroatoms. The number of thiazole rings is 1. The summed E-state index contributed by atoms with van der Waals surface area (Å²) in [6, 6.07) is 14.2. The fourth-order valence-electron chi connectivity index (χ4n) is 2.49. The van der Waals surface area contributed by atoms with E-state index in [2.05, 4.69) is 20.2 Å². The van der Waals surface area contributed by atoms with E-state index in [-0.39, 0.29) is 15.7 Å². The Morgan fingerprint density at radius 2 is 1.80 bits per heavy atom. The van der Waals surface area contributed by atoms with Gasteiger partial charge in [0.2, 0.25) is 0 Å². The second-order valence-corrected chi connectivity index (χ2v) is 9.02. The maximum atomic E-state index is 12.4. The molecule has 8 nitrogen and oxygen atoms in total. The molecule has 0 aliphatic heterocycles. The van der Waals surface area contributed by atoms with Crippen LogP contribution in [0.1, 0.15) is 10.5 Å². The quantitative estimate of drug-likeness (QED) is 0.437. The van der Waals surface area contributed by atoms with Gasteiger partial charge in [-0.25, -0.2) is 13.4 Å². The monoisotopic (exact) mass is 460 g/mol. The van der Waals surface area contributed by atoms with Crippen LogP contribution in [0.5, 0.6) is 0 Å². The number of halogens is 1. The van der Waals surface area contributed by atoms with Gasteiger partial charge in [-0.1, -0.05) is 16.8 Å². The van der Waals surface area contributed by atoms with Gasteiger partial charge in [0.15, 0.2) is 16.6 Å². The van der Waals surface area contributed by atoms with E-state index >= 15 is 0 Å². The van der Waals surface area contributed by atoms with Crippen molar-refractivity contribution in [2.24, 2.45) is 0 Å². The van der Waals surface area contributed by atoms with E-state index in [0.717, 1.165) is 5.56 Å². The highest BCUT2D eigenvalue weighted by atomic mass is 35.5. The molecule has 152 valence electrons. The molecule has 0 unspecified atom stereocenters. The van der Waals surface area contributed by atoms with Gasteiger partial charge in [0, 0.05) is 33.9 Å². The van der Waals surface area contributed by atoms with Crippen molar-refractivity contribution in [2.75, 3.05) is 10.0 Å². The molecule has 0 saturated heterocycles. The van der Waals surface area contributed by atoms with E-state index in [9.17, 15) is 13.2 Å². The first-order valence-electron chi connectivity index (χ1n) is 8.47. The largest absolute Gasteiger partial charge is 0.355 e. The molecule has 2 N–H and O–H groups in total. The third kappa shape index (κ3) is 4.51. The Kier molecular flexibility index (Phi) is 5.53. The van der Waals surface area contributed by atoms with Crippen molar-refractivity contribution in [3.63, 3.8) is 0 Å². The minimum atomic E-state index is -3.76. The van der Waals surface area contributed by atoms with Crippen LogP contribution in [0.15, 0.2) is 75.6 Å². The van der Waals surface area contributed by atoms with Gasteiger partial charge in [-0.3, -0.25) is 9.52 Å². The molecule has 2 aromatic carbocycles. The van der Waals surface area contributed by atoms with Gasteiger partial charge in [-0.05, 0) is 48.5 Å². The molecular weight excluding hydrogens is 448 g/mol. The number of carbonyl (C=O) groups excluding carboxylic acids is 1. The SMILES string of the molecule is O=C(Nc1ccc(S(=O)(=O)Nc2nccs2)cc1)c1cc(-c2ccc(Cl)cc2)on1. The van der Waals surface area contributed by atoms with Gasteiger partial charge in [0.25, 0.3) is 15.9 Å². The number of nitrogens with zero attached hydrogens (tertiary/aromatic N) is 2. The summed E-state index contributed by atoms with van der Waals surface area (Å²) in [6.45, 7) is 0. The highest BCUT2D eigenvalue weighted by molar-refractivity contribution is 7.93. The van der Waals surface area contributed by atoms with Crippen molar-refractivity contribution in [3.05, 3.63) is 76.9 Å². The minimum Gasteiger partial charge on any atom is -0.355 e. The average molecular weight is 461 g/mol. The predicted molar refractivity (Wildman–Crippen MR) is 114 cm³/mol. The zero-order chi connectivity index (χ0) is 21.1. The molecule has 4 rings (SSSR count). The first kappa shape index (κ1) is 20.1. The minimum absolute atomic E-state index is 0.0437. The van der Waals surface area contributed by atoms with Gasteiger partial charge in [-0.15, -0.1) is 11.3 Å². The van der Waals surface area contributed by atoms with Gasteiger partial charge < -0.3 is 9.84 Å². The average Bonchev–Trinajstić information content (AvgIpc) is 3.41. The third-order valence-electron chi connectivity index (χ3n) is 3.95. The van der Waals surface area contributed by atoms with Gasteiger partial charge in [0.05, 0.1) is 4.90 Å². The van der Waals surface area contributed by atoms with Crippen molar-refractivity contribution in [1.29, 1.82) is 0 Å². The number of nitrogens with one attached hydrogen (secondary N) is 2. The number of carbonyl (C=O) groups is 1. The van der Waals surface area contributed by atoms with E-state index in [1.54, 1.807) is 29.6 Å². The molecular formula is C19H13ClN4O4S2. The van der Waals surface area contributed by atoms with E-state index in [1.165, 1.54) is 47.9 Å². The van der Waals surface area contributed by atoms with Crippen LogP contribution >= 0.6 is 22.9 Å². The number of sulfonamides is 1. The number of hydrogen-bond donors (Lipinski definition) is 2. The number of anilines is 2. The molecule has 0 aliphatic carbocycles. The van der Waals surface area contributed by atoms with Crippen LogP contribution in [0.3, 0.4) is 0 Å². The smallest absolute Gasteiger partial charge is 0.277 e. The van der Waals surface area contributed by atoms with Gasteiger partial charge in [0.1, 0.15) is 0 Å². The van der Waals surface area contributed by atoms with Crippen molar-refractivity contribution in [3.8, 4) is 11.3 Å². The van der Waals surface area contributed by atoms with Crippen LogP contribution in [-0.4, -0.2) is 24.5 Å². The summed E-state index contributed by atoms with van der Waals surface area (Å²) in [4.78, 5) is 16.4. The standard InChI is InChI=1S/C19H13ClN4O4S2/c20-13-3-1-12(2-4-13)17-11-16(23-28-17)18(25)22-14-5-7-15(8-6-14)30(26,27)24-19-21-9-10-29-19/h1-11H,(H,21,24)(H,22,25). The molecule has 0 aliphatic rings. The highest BCUT2D eigenvalue weighted by Crippen LogP contribution is 2.23. The summed E-state index contributed by atoms with van der Waals surface area (Å²) < 4.78 is 32.3.